The molecule has 1 rings (SSSR count). The van der Waals surface area contributed by atoms with Crippen LogP contribution in [0, 0.1) is 0 Å². The fourth-order valence-electron chi connectivity index (χ4n) is 1.76. The number of carbonyl (C=O) groups excluding carboxylic acids is 1. The van der Waals surface area contributed by atoms with Gasteiger partial charge in [-0.1, -0.05) is 23.2 Å². The lowest BCUT2D eigenvalue weighted by Gasteiger charge is -2.21. The standard InChI is InChI=1S/C14H21Cl2NO3S/c1-3-19-7-5-17(6-8-20-4-2)10-12(18)11-9-13(15)21-14(11)16/h9H,3-8,10H2,1-2H3. The van der Waals surface area contributed by atoms with E-state index in [1.165, 1.54) is 11.3 Å². The zero-order chi connectivity index (χ0) is 15.7. The minimum atomic E-state index is -0.0313. The van der Waals surface area contributed by atoms with Gasteiger partial charge in [-0.15, -0.1) is 11.3 Å². The van der Waals surface area contributed by atoms with Crippen LogP contribution in [-0.2, 0) is 9.47 Å². The van der Waals surface area contributed by atoms with Crippen molar-refractivity contribution in [2.24, 2.45) is 0 Å². The van der Waals surface area contributed by atoms with Gasteiger partial charge >= 0.3 is 0 Å². The molecule has 1 heterocycles. The molecule has 120 valence electrons. The summed E-state index contributed by atoms with van der Waals surface area (Å²) in [5, 5.41) is 0. The Balaban J connectivity index is 2.56. The fourth-order valence-corrected chi connectivity index (χ4v) is 3.26. The highest BCUT2D eigenvalue weighted by Gasteiger charge is 2.17. The zero-order valence-electron chi connectivity index (χ0n) is 12.4. The number of Topliss-reactive ketones (excluding diaryl/α,β-unsaturated/α-hetero) is 1. The van der Waals surface area contributed by atoms with Crippen molar-refractivity contribution in [3.63, 3.8) is 0 Å². The summed E-state index contributed by atoms with van der Waals surface area (Å²) in [7, 11) is 0. The summed E-state index contributed by atoms with van der Waals surface area (Å²) in [6, 6.07) is 1.63. The Morgan fingerprint density at radius 1 is 1.19 bits per heavy atom. The van der Waals surface area contributed by atoms with Crippen LogP contribution in [0.25, 0.3) is 0 Å². The Kier molecular flexibility index (Phi) is 9.47. The van der Waals surface area contributed by atoms with E-state index in [1.54, 1.807) is 6.07 Å². The van der Waals surface area contributed by atoms with Crippen LogP contribution >= 0.6 is 34.5 Å². The van der Waals surface area contributed by atoms with E-state index in [0.29, 0.717) is 53.8 Å². The van der Waals surface area contributed by atoms with Crippen molar-refractivity contribution in [1.82, 2.24) is 4.90 Å². The average molecular weight is 354 g/mol. The van der Waals surface area contributed by atoms with E-state index < -0.39 is 0 Å². The third-order valence-electron chi connectivity index (χ3n) is 2.84. The summed E-state index contributed by atoms with van der Waals surface area (Å²) < 4.78 is 11.7. The largest absolute Gasteiger partial charge is 0.380 e. The second-order valence-corrected chi connectivity index (χ2v) is 6.62. The Labute approximate surface area is 139 Å². The van der Waals surface area contributed by atoms with Gasteiger partial charge in [0.1, 0.15) is 4.34 Å². The maximum atomic E-state index is 12.3. The molecule has 4 nitrogen and oxygen atoms in total. The normalized spacial score (nSPS) is 11.3. The summed E-state index contributed by atoms with van der Waals surface area (Å²) in [5.41, 5.74) is 0.490. The second kappa shape index (κ2) is 10.5. The van der Waals surface area contributed by atoms with E-state index in [4.69, 9.17) is 32.7 Å². The molecule has 0 saturated heterocycles. The molecular formula is C14H21Cl2NO3S. The van der Waals surface area contributed by atoms with Crippen molar-refractivity contribution in [2.75, 3.05) is 46.1 Å². The molecule has 0 radical (unpaired) electrons. The monoisotopic (exact) mass is 353 g/mol. The molecule has 0 aliphatic carbocycles. The second-order valence-electron chi connectivity index (χ2n) is 4.33. The van der Waals surface area contributed by atoms with Crippen molar-refractivity contribution in [2.45, 2.75) is 13.8 Å². The molecule has 0 unspecified atom stereocenters. The predicted molar refractivity (Wildman–Crippen MR) is 88.1 cm³/mol. The van der Waals surface area contributed by atoms with Crippen LogP contribution in [0.3, 0.4) is 0 Å². The summed E-state index contributed by atoms with van der Waals surface area (Å²) in [5.74, 6) is -0.0313. The number of ether oxygens (including phenoxy) is 2. The highest BCUT2D eigenvalue weighted by Crippen LogP contribution is 2.31. The van der Waals surface area contributed by atoms with Gasteiger partial charge in [-0.2, -0.15) is 0 Å². The fraction of sp³-hybridized carbons (Fsp3) is 0.643. The Hall–Kier alpha value is -0.170. The molecule has 1 aromatic rings. The number of hydrogen-bond donors (Lipinski definition) is 0. The summed E-state index contributed by atoms with van der Waals surface area (Å²) in [6.07, 6.45) is 0. The van der Waals surface area contributed by atoms with Gasteiger partial charge in [-0.05, 0) is 19.9 Å². The zero-order valence-corrected chi connectivity index (χ0v) is 14.7. The van der Waals surface area contributed by atoms with Gasteiger partial charge in [0, 0.05) is 26.3 Å². The third-order valence-corrected chi connectivity index (χ3v) is 4.32. The van der Waals surface area contributed by atoms with Gasteiger partial charge in [0.05, 0.1) is 29.7 Å². The Bertz CT molecular complexity index is 430. The lowest BCUT2D eigenvalue weighted by molar-refractivity contribution is 0.0726. The Morgan fingerprint density at radius 2 is 1.76 bits per heavy atom. The van der Waals surface area contributed by atoms with Gasteiger partial charge in [0.25, 0.3) is 0 Å². The maximum absolute atomic E-state index is 12.3. The lowest BCUT2D eigenvalue weighted by atomic mass is 10.2. The molecule has 0 saturated carbocycles. The van der Waals surface area contributed by atoms with E-state index in [2.05, 4.69) is 0 Å². The number of rotatable bonds is 11. The van der Waals surface area contributed by atoms with Crippen LogP contribution in [0.2, 0.25) is 8.67 Å². The van der Waals surface area contributed by atoms with E-state index in [-0.39, 0.29) is 12.3 Å². The van der Waals surface area contributed by atoms with Crippen molar-refractivity contribution in [3.8, 4) is 0 Å². The minimum Gasteiger partial charge on any atom is -0.380 e. The molecule has 0 bridgehead atoms. The van der Waals surface area contributed by atoms with Crippen LogP contribution in [0.15, 0.2) is 6.07 Å². The predicted octanol–water partition coefficient (Wildman–Crippen LogP) is 3.61. The number of ketones is 1. The van der Waals surface area contributed by atoms with Crippen molar-refractivity contribution in [1.29, 1.82) is 0 Å². The van der Waals surface area contributed by atoms with Gasteiger partial charge in [-0.25, -0.2) is 0 Å². The van der Waals surface area contributed by atoms with Crippen molar-refractivity contribution >= 4 is 40.3 Å². The van der Waals surface area contributed by atoms with Crippen LogP contribution < -0.4 is 0 Å². The minimum absolute atomic E-state index is 0.0313. The SMILES string of the molecule is CCOCCN(CCOCC)CC(=O)c1cc(Cl)sc1Cl. The third kappa shape index (κ3) is 7.08. The quantitative estimate of drug-likeness (QED) is 0.450. The first-order chi connectivity index (χ1) is 10.1. The van der Waals surface area contributed by atoms with Crippen molar-refractivity contribution < 1.29 is 14.3 Å². The molecule has 21 heavy (non-hydrogen) atoms. The molecule has 0 aromatic carbocycles. The first-order valence-corrected chi connectivity index (χ1v) is 8.51. The molecule has 7 heteroatoms. The highest BCUT2D eigenvalue weighted by molar-refractivity contribution is 7.20. The lowest BCUT2D eigenvalue weighted by Crippen LogP contribution is -2.35. The summed E-state index contributed by atoms with van der Waals surface area (Å²) in [6.45, 7) is 8.06. The van der Waals surface area contributed by atoms with Gasteiger partial charge in [-0.3, -0.25) is 9.69 Å². The first kappa shape index (κ1) is 18.9. The molecule has 0 atom stereocenters. The van der Waals surface area contributed by atoms with E-state index >= 15 is 0 Å². The molecule has 0 amide bonds. The number of nitrogens with zero attached hydrogens (tertiary/aromatic N) is 1. The number of hydrogen-bond acceptors (Lipinski definition) is 5. The maximum Gasteiger partial charge on any atom is 0.179 e. The highest BCUT2D eigenvalue weighted by atomic mass is 35.5. The number of carbonyl (C=O) groups is 1. The van der Waals surface area contributed by atoms with Gasteiger partial charge in [0.2, 0.25) is 0 Å². The molecule has 0 N–H and O–H groups in total. The van der Waals surface area contributed by atoms with Crippen LogP contribution in [0.4, 0.5) is 0 Å². The molecule has 0 aliphatic heterocycles. The number of halogens is 2. The smallest absolute Gasteiger partial charge is 0.179 e. The first-order valence-electron chi connectivity index (χ1n) is 6.94. The van der Waals surface area contributed by atoms with E-state index in [0.717, 1.165) is 0 Å². The van der Waals surface area contributed by atoms with Crippen LogP contribution in [0.5, 0.6) is 0 Å². The molecular weight excluding hydrogens is 333 g/mol. The molecule has 0 spiro atoms. The van der Waals surface area contributed by atoms with Crippen LogP contribution in [0.1, 0.15) is 24.2 Å². The van der Waals surface area contributed by atoms with Gasteiger partial charge < -0.3 is 9.47 Å². The molecule has 0 aliphatic rings. The Morgan fingerprint density at radius 3 is 2.19 bits per heavy atom. The summed E-state index contributed by atoms with van der Waals surface area (Å²) in [4.78, 5) is 14.3. The van der Waals surface area contributed by atoms with Crippen molar-refractivity contribution in [3.05, 3.63) is 20.3 Å². The summed E-state index contributed by atoms with van der Waals surface area (Å²) >= 11 is 13.1. The van der Waals surface area contributed by atoms with E-state index in [1.807, 2.05) is 18.7 Å². The van der Waals surface area contributed by atoms with Crippen LogP contribution in [-0.4, -0.2) is 56.7 Å². The molecule has 1 aromatic heterocycles. The average Bonchev–Trinajstić information content (AvgIpc) is 2.78. The van der Waals surface area contributed by atoms with E-state index in [9.17, 15) is 4.79 Å². The number of thiophene rings is 1. The topological polar surface area (TPSA) is 38.8 Å². The van der Waals surface area contributed by atoms with Gasteiger partial charge in [0.15, 0.2) is 5.78 Å². The molecule has 0 fully saturated rings.